The average Bonchev–Trinajstić information content (AvgIpc) is 2.56. The summed E-state index contributed by atoms with van der Waals surface area (Å²) in [7, 11) is 0. The number of amides is 1. The zero-order chi connectivity index (χ0) is 13.7. The number of nitrogens with one attached hydrogen (secondary N) is 1. The molecule has 1 amide bonds. The smallest absolute Gasteiger partial charge is 0.326 e. The Morgan fingerprint density at radius 3 is 2.61 bits per heavy atom. The van der Waals surface area contributed by atoms with Gasteiger partial charge in [0.25, 0.3) is 0 Å². The zero-order valence-corrected chi connectivity index (χ0v) is 10.9. The first-order valence-corrected chi connectivity index (χ1v) is 5.97. The van der Waals surface area contributed by atoms with E-state index in [1.54, 1.807) is 4.68 Å². The van der Waals surface area contributed by atoms with Crippen molar-refractivity contribution in [3.05, 3.63) is 17.5 Å². The van der Waals surface area contributed by atoms with Gasteiger partial charge in [-0.25, -0.2) is 4.79 Å². The Morgan fingerprint density at radius 1 is 1.50 bits per heavy atom. The number of aryl methyl sites for hydroxylation is 2. The van der Waals surface area contributed by atoms with E-state index in [2.05, 4.69) is 10.4 Å². The fourth-order valence-electron chi connectivity index (χ4n) is 1.76. The molecule has 0 spiro atoms. The molecule has 1 atom stereocenters. The first-order valence-electron chi connectivity index (χ1n) is 5.97. The van der Waals surface area contributed by atoms with Crippen LogP contribution in [-0.4, -0.2) is 32.8 Å². The third-order valence-corrected chi connectivity index (χ3v) is 2.61. The summed E-state index contributed by atoms with van der Waals surface area (Å²) in [5, 5.41) is 15.6. The van der Waals surface area contributed by atoms with Crippen LogP contribution in [0.15, 0.2) is 6.07 Å². The second kappa shape index (κ2) is 6.18. The van der Waals surface area contributed by atoms with Crippen LogP contribution in [0.4, 0.5) is 0 Å². The SMILES string of the molecule is CCCC(NC(=O)Cn1nc(C)cc1C)C(=O)O. The van der Waals surface area contributed by atoms with Gasteiger partial charge < -0.3 is 10.4 Å². The van der Waals surface area contributed by atoms with Crippen molar-refractivity contribution < 1.29 is 14.7 Å². The van der Waals surface area contributed by atoms with Crippen LogP contribution in [0.5, 0.6) is 0 Å². The highest BCUT2D eigenvalue weighted by Crippen LogP contribution is 2.02. The molecule has 0 aliphatic rings. The lowest BCUT2D eigenvalue weighted by atomic mass is 10.1. The lowest BCUT2D eigenvalue weighted by molar-refractivity contribution is -0.142. The normalized spacial score (nSPS) is 12.2. The number of aliphatic carboxylic acids is 1. The van der Waals surface area contributed by atoms with Gasteiger partial charge in [-0.3, -0.25) is 9.48 Å². The number of carbonyl (C=O) groups excluding carboxylic acids is 1. The Morgan fingerprint density at radius 2 is 2.17 bits per heavy atom. The molecular formula is C12H19N3O3. The lowest BCUT2D eigenvalue weighted by Gasteiger charge is -2.13. The van der Waals surface area contributed by atoms with Gasteiger partial charge in [0.05, 0.1) is 5.69 Å². The minimum absolute atomic E-state index is 0.0488. The van der Waals surface area contributed by atoms with Crippen molar-refractivity contribution in [1.82, 2.24) is 15.1 Å². The maximum Gasteiger partial charge on any atom is 0.326 e. The Bertz CT molecular complexity index is 440. The van der Waals surface area contributed by atoms with Crippen molar-refractivity contribution in [2.75, 3.05) is 0 Å². The quantitative estimate of drug-likeness (QED) is 0.787. The van der Waals surface area contributed by atoms with Gasteiger partial charge in [-0.05, 0) is 26.3 Å². The van der Waals surface area contributed by atoms with Gasteiger partial charge in [-0.15, -0.1) is 0 Å². The summed E-state index contributed by atoms with van der Waals surface area (Å²) in [5.41, 5.74) is 1.72. The van der Waals surface area contributed by atoms with Crippen LogP contribution in [0.1, 0.15) is 31.2 Å². The minimum Gasteiger partial charge on any atom is -0.480 e. The molecule has 0 radical (unpaired) electrons. The van der Waals surface area contributed by atoms with Crippen molar-refractivity contribution in [2.24, 2.45) is 0 Å². The standard InChI is InChI=1S/C12H19N3O3/c1-4-5-10(12(17)18)13-11(16)7-15-9(3)6-8(2)14-15/h6,10H,4-5,7H2,1-3H3,(H,13,16)(H,17,18). The van der Waals surface area contributed by atoms with Gasteiger partial charge in [-0.1, -0.05) is 13.3 Å². The number of hydrogen-bond acceptors (Lipinski definition) is 3. The predicted octanol–water partition coefficient (Wildman–Crippen LogP) is 0.869. The highest BCUT2D eigenvalue weighted by atomic mass is 16.4. The monoisotopic (exact) mass is 253 g/mol. The van der Waals surface area contributed by atoms with E-state index in [0.717, 1.165) is 11.4 Å². The van der Waals surface area contributed by atoms with E-state index in [1.807, 2.05) is 26.8 Å². The average molecular weight is 253 g/mol. The number of aromatic nitrogens is 2. The first kappa shape index (κ1) is 14.2. The molecule has 6 heteroatoms. The van der Waals surface area contributed by atoms with Crippen LogP contribution >= 0.6 is 0 Å². The van der Waals surface area contributed by atoms with Crippen LogP contribution in [-0.2, 0) is 16.1 Å². The number of rotatable bonds is 6. The van der Waals surface area contributed by atoms with E-state index in [4.69, 9.17) is 5.11 Å². The summed E-state index contributed by atoms with van der Waals surface area (Å²) in [5.74, 6) is -1.33. The van der Waals surface area contributed by atoms with Gasteiger partial charge >= 0.3 is 5.97 Å². The largest absolute Gasteiger partial charge is 0.480 e. The van der Waals surface area contributed by atoms with E-state index < -0.39 is 12.0 Å². The molecular weight excluding hydrogens is 234 g/mol. The Balaban J connectivity index is 2.60. The molecule has 0 fully saturated rings. The van der Waals surface area contributed by atoms with Crippen molar-refractivity contribution in [3.63, 3.8) is 0 Å². The van der Waals surface area contributed by atoms with Crippen molar-refractivity contribution in [2.45, 2.75) is 46.2 Å². The summed E-state index contributed by atoms with van der Waals surface area (Å²) in [4.78, 5) is 22.6. The van der Waals surface area contributed by atoms with Crippen LogP contribution in [0.25, 0.3) is 0 Å². The topological polar surface area (TPSA) is 84.2 Å². The first-order chi connectivity index (χ1) is 8.43. The third-order valence-electron chi connectivity index (χ3n) is 2.61. The predicted molar refractivity (Wildman–Crippen MR) is 66.2 cm³/mol. The Kier molecular flexibility index (Phi) is 4.88. The molecule has 0 bridgehead atoms. The Labute approximate surface area is 106 Å². The van der Waals surface area contributed by atoms with Gasteiger partial charge in [0.1, 0.15) is 12.6 Å². The van der Waals surface area contributed by atoms with Gasteiger partial charge in [0.15, 0.2) is 0 Å². The zero-order valence-electron chi connectivity index (χ0n) is 10.9. The summed E-state index contributed by atoms with van der Waals surface area (Å²) in [6, 6.07) is 1.05. The molecule has 18 heavy (non-hydrogen) atoms. The van der Waals surface area contributed by atoms with Gasteiger partial charge in [0, 0.05) is 5.69 Å². The maximum absolute atomic E-state index is 11.7. The molecule has 0 aliphatic heterocycles. The number of nitrogens with zero attached hydrogens (tertiary/aromatic N) is 2. The van der Waals surface area contributed by atoms with Crippen LogP contribution in [0.2, 0.25) is 0 Å². The molecule has 100 valence electrons. The van der Waals surface area contributed by atoms with E-state index in [1.165, 1.54) is 0 Å². The van der Waals surface area contributed by atoms with Gasteiger partial charge in [0.2, 0.25) is 5.91 Å². The third kappa shape index (κ3) is 3.87. The summed E-state index contributed by atoms with van der Waals surface area (Å²) >= 11 is 0. The van der Waals surface area contributed by atoms with E-state index in [9.17, 15) is 9.59 Å². The highest BCUT2D eigenvalue weighted by molar-refractivity contribution is 5.83. The molecule has 0 aromatic carbocycles. The fourth-order valence-corrected chi connectivity index (χ4v) is 1.76. The molecule has 1 aromatic heterocycles. The molecule has 1 heterocycles. The fraction of sp³-hybridized carbons (Fsp3) is 0.583. The molecule has 1 unspecified atom stereocenters. The summed E-state index contributed by atoms with van der Waals surface area (Å²) < 4.78 is 1.57. The molecule has 1 rings (SSSR count). The molecule has 0 saturated carbocycles. The summed E-state index contributed by atoms with van der Waals surface area (Å²) in [6.45, 7) is 5.63. The number of carboxylic acids is 1. The van der Waals surface area contributed by atoms with E-state index in [0.29, 0.717) is 12.8 Å². The second-order valence-electron chi connectivity index (χ2n) is 4.33. The van der Waals surface area contributed by atoms with Crippen LogP contribution < -0.4 is 5.32 Å². The molecule has 0 aliphatic carbocycles. The van der Waals surface area contributed by atoms with Gasteiger partial charge in [-0.2, -0.15) is 5.10 Å². The lowest BCUT2D eigenvalue weighted by Crippen LogP contribution is -2.42. The summed E-state index contributed by atoms with van der Waals surface area (Å²) in [6.07, 6.45) is 1.13. The molecule has 0 saturated heterocycles. The number of carboxylic acid groups (broad SMARTS) is 1. The number of carbonyl (C=O) groups is 2. The van der Waals surface area contributed by atoms with Crippen molar-refractivity contribution in [1.29, 1.82) is 0 Å². The van der Waals surface area contributed by atoms with Crippen LogP contribution in [0, 0.1) is 13.8 Å². The highest BCUT2D eigenvalue weighted by Gasteiger charge is 2.19. The minimum atomic E-state index is -1.00. The molecule has 1 aromatic rings. The van der Waals surface area contributed by atoms with Crippen molar-refractivity contribution >= 4 is 11.9 Å². The Hall–Kier alpha value is -1.85. The molecule has 6 nitrogen and oxygen atoms in total. The molecule has 2 N–H and O–H groups in total. The van der Waals surface area contributed by atoms with E-state index in [-0.39, 0.29) is 12.5 Å². The van der Waals surface area contributed by atoms with Crippen LogP contribution in [0.3, 0.4) is 0 Å². The van der Waals surface area contributed by atoms with Crippen molar-refractivity contribution in [3.8, 4) is 0 Å². The van der Waals surface area contributed by atoms with E-state index >= 15 is 0 Å². The second-order valence-corrected chi connectivity index (χ2v) is 4.33. The maximum atomic E-state index is 11.7. The number of hydrogen-bond donors (Lipinski definition) is 2.